The smallest absolute Gasteiger partial charge is 0.330 e. The lowest BCUT2D eigenvalue weighted by Gasteiger charge is -2.19. The van der Waals surface area contributed by atoms with Gasteiger partial charge in [0, 0.05) is 32.3 Å². The van der Waals surface area contributed by atoms with Crippen LogP contribution in [0.1, 0.15) is 16.8 Å². The molecule has 2 amide bonds. The van der Waals surface area contributed by atoms with E-state index >= 15 is 0 Å². The fourth-order valence-electron chi connectivity index (χ4n) is 3.34. The average molecular weight is 452 g/mol. The zero-order valence-corrected chi connectivity index (χ0v) is 18.4. The second-order valence-corrected chi connectivity index (χ2v) is 7.71. The van der Waals surface area contributed by atoms with E-state index in [4.69, 9.17) is 0 Å². The van der Waals surface area contributed by atoms with Crippen molar-refractivity contribution in [2.24, 2.45) is 14.1 Å². The van der Waals surface area contributed by atoms with Crippen molar-refractivity contribution in [2.75, 3.05) is 0 Å². The van der Waals surface area contributed by atoms with Gasteiger partial charge in [-0.3, -0.25) is 23.5 Å². The Hall–Kier alpha value is -4.01. The predicted octanol–water partition coefficient (Wildman–Crippen LogP) is 0.809. The van der Waals surface area contributed by atoms with E-state index in [9.17, 15) is 23.6 Å². The van der Waals surface area contributed by atoms with Gasteiger partial charge in [-0.15, -0.1) is 0 Å². The highest BCUT2D eigenvalue weighted by atomic mass is 19.1. The fourth-order valence-corrected chi connectivity index (χ4v) is 3.34. The van der Waals surface area contributed by atoms with Crippen LogP contribution in [-0.2, 0) is 43.1 Å². The Bertz CT molecular complexity index is 1250. The molecule has 3 aromatic rings. The number of amides is 2. The summed E-state index contributed by atoms with van der Waals surface area (Å²) in [5.41, 5.74) is 0.826. The molecule has 2 aromatic carbocycles. The van der Waals surface area contributed by atoms with Crippen molar-refractivity contribution < 1.29 is 14.0 Å². The molecule has 0 saturated heterocycles. The predicted molar refractivity (Wildman–Crippen MR) is 121 cm³/mol. The molecule has 9 heteroatoms. The van der Waals surface area contributed by atoms with Gasteiger partial charge >= 0.3 is 5.69 Å². The standard InChI is InChI=1S/C24H25FN4O4/c1-28-19(14-22(31)29(2)24(28)33)15-26-23(32)20(12-16-6-4-3-5-7-16)27-21(30)13-17-8-10-18(25)11-9-17/h3-11,14,20H,12-13,15H2,1-2H3,(H,26,32)(H,27,30)/t20-/m0/s1. The van der Waals surface area contributed by atoms with Crippen molar-refractivity contribution >= 4 is 11.8 Å². The van der Waals surface area contributed by atoms with Gasteiger partial charge in [-0.2, -0.15) is 0 Å². The van der Waals surface area contributed by atoms with Crippen molar-refractivity contribution in [3.8, 4) is 0 Å². The lowest BCUT2D eigenvalue weighted by atomic mass is 10.0. The maximum absolute atomic E-state index is 13.1. The maximum atomic E-state index is 13.1. The van der Waals surface area contributed by atoms with Gasteiger partial charge in [-0.25, -0.2) is 9.18 Å². The highest BCUT2D eigenvalue weighted by Gasteiger charge is 2.22. The molecule has 2 N–H and O–H groups in total. The molecule has 8 nitrogen and oxygen atoms in total. The molecule has 1 heterocycles. The number of hydrogen-bond donors (Lipinski definition) is 2. The number of rotatable bonds is 8. The summed E-state index contributed by atoms with van der Waals surface area (Å²) in [5.74, 6) is -1.25. The summed E-state index contributed by atoms with van der Waals surface area (Å²) in [6.07, 6.45) is 0.236. The van der Waals surface area contributed by atoms with Crippen molar-refractivity contribution in [1.29, 1.82) is 0 Å². The summed E-state index contributed by atoms with van der Waals surface area (Å²) in [7, 11) is 2.88. The van der Waals surface area contributed by atoms with E-state index in [-0.39, 0.29) is 19.4 Å². The minimum Gasteiger partial charge on any atom is -0.349 e. The van der Waals surface area contributed by atoms with E-state index in [2.05, 4.69) is 10.6 Å². The monoisotopic (exact) mass is 452 g/mol. The molecular weight excluding hydrogens is 427 g/mol. The molecule has 0 bridgehead atoms. The first kappa shape index (κ1) is 23.6. The molecular formula is C24H25FN4O4. The van der Waals surface area contributed by atoms with Crippen LogP contribution in [0.3, 0.4) is 0 Å². The molecule has 0 spiro atoms. The molecule has 0 saturated carbocycles. The molecule has 33 heavy (non-hydrogen) atoms. The number of aromatic nitrogens is 2. The number of nitrogens with one attached hydrogen (secondary N) is 2. The third-order valence-electron chi connectivity index (χ3n) is 5.28. The Labute approximate surface area is 189 Å². The second-order valence-electron chi connectivity index (χ2n) is 7.71. The van der Waals surface area contributed by atoms with Crippen LogP contribution in [0.15, 0.2) is 70.3 Å². The zero-order chi connectivity index (χ0) is 24.0. The minimum absolute atomic E-state index is 0.0118. The largest absolute Gasteiger partial charge is 0.349 e. The number of hydrogen-bond acceptors (Lipinski definition) is 4. The first-order valence-corrected chi connectivity index (χ1v) is 10.4. The quantitative estimate of drug-likeness (QED) is 0.528. The Morgan fingerprint density at radius 1 is 0.939 bits per heavy atom. The summed E-state index contributed by atoms with van der Waals surface area (Å²) < 4.78 is 15.4. The summed E-state index contributed by atoms with van der Waals surface area (Å²) >= 11 is 0. The highest BCUT2D eigenvalue weighted by molar-refractivity contribution is 5.88. The Morgan fingerprint density at radius 2 is 1.61 bits per heavy atom. The second kappa shape index (κ2) is 10.5. The number of nitrogens with zero attached hydrogens (tertiary/aromatic N) is 2. The van der Waals surface area contributed by atoms with Gasteiger partial charge in [-0.05, 0) is 23.3 Å². The van der Waals surface area contributed by atoms with Crippen LogP contribution < -0.4 is 21.9 Å². The van der Waals surface area contributed by atoms with Gasteiger partial charge in [0.25, 0.3) is 5.56 Å². The first-order chi connectivity index (χ1) is 15.7. The topological polar surface area (TPSA) is 102 Å². The van der Waals surface area contributed by atoms with Crippen molar-refractivity contribution in [1.82, 2.24) is 19.8 Å². The fraction of sp³-hybridized carbons (Fsp3) is 0.250. The third kappa shape index (κ3) is 6.25. The van der Waals surface area contributed by atoms with E-state index in [1.165, 1.54) is 49.0 Å². The van der Waals surface area contributed by atoms with Crippen LogP contribution in [0.5, 0.6) is 0 Å². The Balaban J connectivity index is 1.73. The van der Waals surface area contributed by atoms with Crippen LogP contribution in [0.2, 0.25) is 0 Å². The normalized spacial score (nSPS) is 11.6. The van der Waals surface area contributed by atoms with Crippen LogP contribution in [0.4, 0.5) is 4.39 Å². The summed E-state index contributed by atoms with van der Waals surface area (Å²) in [6, 6.07) is 15.2. The molecule has 0 fully saturated rings. The number of halogens is 1. The van der Waals surface area contributed by atoms with E-state index in [1.54, 1.807) is 0 Å². The summed E-state index contributed by atoms with van der Waals surface area (Å²) in [5, 5.41) is 5.43. The van der Waals surface area contributed by atoms with Crippen LogP contribution in [0, 0.1) is 5.82 Å². The Morgan fingerprint density at radius 3 is 2.27 bits per heavy atom. The van der Waals surface area contributed by atoms with Crippen molar-refractivity contribution in [3.05, 3.63) is 104 Å². The van der Waals surface area contributed by atoms with Gasteiger partial charge in [0.1, 0.15) is 11.9 Å². The van der Waals surface area contributed by atoms with Gasteiger partial charge in [0.2, 0.25) is 11.8 Å². The first-order valence-electron chi connectivity index (χ1n) is 10.4. The lowest BCUT2D eigenvalue weighted by molar-refractivity contribution is -0.128. The molecule has 172 valence electrons. The molecule has 0 aliphatic carbocycles. The van der Waals surface area contributed by atoms with E-state index in [0.29, 0.717) is 11.3 Å². The van der Waals surface area contributed by atoms with Crippen LogP contribution in [0.25, 0.3) is 0 Å². The molecule has 0 radical (unpaired) electrons. The van der Waals surface area contributed by atoms with E-state index < -0.39 is 34.9 Å². The van der Waals surface area contributed by atoms with Crippen LogP contribution >= 0.6 is 0 Å². The molecule has 1 aromatic heterocycles. The van der Waals surface area contributed by atoms with Gasteiger partial charge in [-0.1, -0.05) is 42.5 Å². The van der Waals surface area contributed by atoms with Gasteiger partial charge < -0.3 is 10.6 Å². The molecule has 0 unspecified atom stereocenters. The van der Waals surface area contributed by atoms with Crippen molar-refractivity contribution in [3.63, 3.8) is 0 Å². The lowest BCUT2D eigenvalue weighted by Crippen LogP contribution is -2.49. The summed E-state index contributed by atoms with van der Waals surface area (Å²) in [6.45, 7) is -0.0558. The Kier molecular flexibility index (Phi) is 7.55. The average Bonchev–Trinajstić information content (AvgIpc) is 2.80. The zero-order valence-electron chi connectivity index (χ0n) is 18.4. The number of carbonyl (C=O) groups is 2. The summed E-state index contributed by atoms with van der Waals surface area (Å²) in [4.78, 5) is 49.6. The SMILES string of the molecule is Cn1c(CNC(=O)[C@H](Cc2ccccc2)NC(=O)Cc2ccc(F)cc2)cc(=O)n(C)c1=O. The highest BCUT2D eigenvalue weighted by Crippen LogP contribution is 2.07. The maximum Gasteiger partial charge on any atom is 0.330 e. The minimum atomic E-state index is -0.885. The van der Waals surface area contributed by atoms with Crippen molar-refractivity contribution in [2.45, 2.75) is 25.4 Å². The molecule has 0 aliphatic rings. The van der Waals surface area contributed by atoms with Gasteiger partial charge in [0.15, 0.2) is 0 Å². The van der Waals surface area contributed by atoms with E-state index in [0.717, 1.165) is 10.1 Å². The number of benzene rings is 2. The molecule has 0 aliphatic heterocycles. The third-order valence-corrected chi connectivity index (χ3v) is 5.28. The van der Waals surface area contributed by atoms with Gasteiger partial charge in [0.05, 0.1) is 13.0 Å². The number of carbonyl (C=O) groups excluding carboxylic acids is 2. The molecule has 1 atom stereocenters. The molecule has 3 rings (SSSR count). The van der Waals surface area contributed by atoms with Crippen LogP contribution in [-0.4, -0.2) is 27.0 Å². The van der Waals surface area contributed by atoms with E-state index in [1.807, 2.05) is 30.3 Å².